The zero-order valence-corrected chi connectivity index (χ0v) is 18.0. The molecule has 2 amide bonds. The Morgan fingerprint density at radius 3 is 2.00 bits per heavy atom. The zero-order chi connectivity index (χ0) is 23.9. The number of benzene rings is 3. The average molecular weight is 476 g/mol. The SMILES string of the molecule is O=C1C2C3c4ccccc4C([N+](=O)[O-])(c4ccccc43)C2C(=O)N1c1ccc(Cl)cc1[N+](=O)[O-]. The molecule has 34 heavy (non-hydrogen) atoms. The van der Waals surface area contributed by atoms with Crippen LogP contribution in [-0.4, -0.2) is 21.7 Å². The van der Waals surface area contributed by atoms with Crippen LogP contribution in [0.1, 0.15) is 28.2 Å². The lowest BCUT2D eigenvalue weighted by atomic mass is 9.51. The van der Waals surface area contributed by atoms with Gasteiger partial charge in [-0.25, -0.2) is 4.90 Å². The minimum absolute atomic E-state index is 0.0635. The third kappa shape index (κ3) is 2.24. The standard InChI is InChI=1S/C24H14ClN3O6/c25-12-9-10-17(18(11-12)27(31)32)26-22(29)20-19-13-5-1-3-7-15(13)24(28(33)34,21(20)23(26)30)16-8-4-2-6-14(16)19/h1-11,19-21H. The molecule has 1 heterocycles. The van der Waals surface area contributed by atoms with Crippen LogP contribution < -0.4 is 4.90 Å². The first-order valence-corrected chi connectivity index (χ1v) is 10.8. The van der Waals surface area contributed by atoms with Crippen molar-refractivity contribution in [1.29, 1.82) is 0 Å². The van der Waals surface area contributed by atoms with E-state index in [0.717, 1.165) is 11.0 Å². The summed E-state index contributed by atoms with van der Waals surface area (Å²) < 4.78 is 0. The molecule has 2 atom stereocenters. The zero-order valence-electron chi connectivity index (χ0n) is 17.3. The highest BCUT2D eigenvalue weighted by Gasteiger charge is 2.75. The predicted molar refractivity (Wildman–Crippen MR) is 120 cm³/mol. The van der Waals surface area contributed by atoms with Gasteiger partial charge in [0.25, 0.3) is 11.2 Å². The number of nitro groups is 2. The summed E-state index contributed by atoms with van der Waals surface area (Å²) in [6.45, 7) is 0. The summed E-state index contributed by atoms with van der Waals surface area (Å²) in [5, 5.41) is 24.7. The van der Waals surface area contributed by atoms with Gasteiger partial charge in [0.1, 0.15) is 11.6 Å². The maximum atomic E-state index is 13.9. The molecule has 9 nitrogen and oxygen atoms in total. The third-order valence-electron chi connectivity index (χ3n) is 7.24. The van der Waals surface area contributed by atoms with Crippen LogP contribution in [0, 0.1) is 32.1 Å². The lowest BCUT2D eigenvalue weighted by Crippen LogP contribution is -2.57. The van der Waals surface area contributed by atoms with Crippen LogP contribution in [0.4, 0.5) is 11.4 Å². The first-order chi connectivity index (χ1) is 16.3. The normalized spacial score (nSPS) is 26.1. The van der Waals surface area contributed by atoms with Gasteiger partial charge in [-0.1, -0.05) is 60.1 Å². The summed E-state index contributed by atoms with van der Waals surface area (Å²) in [4.78, 5) is 51.8. The highest BCUT2D eigenvalue weighted by atomic mass is 35.5. The fourth-order valence-electron chi connectivity index (χ4n) is 6.11. The number of imide groups is 1. The van der Waals surface area contributed by atoms with Crippen LogP contribution in [0.3, 0.4) is 0 Å². The number of halogens is 1. The van der Waals surface area contributed by atoms with E-state index < -0.39 is 50.6 Å². The molecule has 168 valence electrons. The van der Waals surface area contributed by atoms with Gasteiger partial charge in [0, 0.05) is 33.1 Å². The molecule has 0 aromatic heterocycles. The molecular weight excluding hydrogens is 462 g/mol. The smallest absolute Gasteiger partial charge is 0.274 e. The molecule has 0 radical (unpaired) electrons. The molecule has 3 aromatic carbocycles. The van der Waals surface area contributed by atoms with Crippen LogP contribution in [-0.2, 0) is 15.1 Å². The summed E-state index contributed by atoms with van der Waals surface area (Å²) in [7, 11) is 0. The minimum Gasteiger partial charge on any atom is -0.274 e. The highest BCUT2D eigenvalue weighted by Crippen LogP contribution is 2.64. The van der Waals surface area contributed by atoms with Crippen molar-refractivity contribution in [1.82, 2.24) is 0 Å². The number of carbonyl (C=O) groups excluding carboxylic acids is 2. The van der Waals surface area contributed by atoms with Crippen LogP contribution in [0.25, 0.3) is 0 Å². The number of nitro benzene ring substituents is 1. The fourth-order valence-corrected chi connectivity index (χ4v) is 6.28. The molecule has 4 aliphatic rings. The molecule has 7 rings (SSSR count). The Morgan fingerprint density at radius 1 is 0.853 bits per heavy atom. The Morgan fingerprint density at radius 2 is 1.44 bits per heavy atom. The van der Waals surface area contributed by atoms with E-state index in [-0.39, 0.29) is 10.7 Å². The van der Waals surface area contributed by atoms with E-state index in [1.54, 1.807) is 48.5 Å². The maximum Gasteiger partial charge on any atom is 0.294 e. The summed E-state index contributed by atoms with van der Waals surface area (Å²) in [6, 6.07) is 17.2. The van der Waals surface area contributed by atoms with E-state index >= 15 is 0 Å². The van der Waals surface area contributed by atoms with Gasteiger partial charge in [-0.2, -0.15) is 0 Å². The molecule has 1 aliphatic heterocycles. The van der Waals surface area contributed by atoms with Crippen LogP contribution in [0.2, 0.25) is 5.02 Å². The topological polar surface area (TPSA) is 124 Å². The second-order valence-electron chi connectivity index (χ2n) is 8.58. The van der Waals surface area contributed by atoms with Crippen molar-refractivity contribution in [3.05, 3.63) is 114 Å². The molecule has 0 N–H and O–H groups in total. The van der Waals surface area contributed by atoms with Crippen molar-refractivity contribution in [3.63, 3.8) is 0 Å². The second kappa shape index (κ2) is 6.71. The third-order valence-corrected chi connectivity index (χ3v) is 7.47. The number of amides is 2. The molecule has 3 aliphatic carbocycles. The van der Waals surface area contributed by atoms with Gasteiger partial charge in [0.15, 0.2) is 0 Å². The Labute approximate surface area is 196 Å². The number of anilines is 1. The lowest BCUT2D eigenvalue weighted by molar-refractivity contribution is -0.578. The van der Waals surface area contributed by atoms with E-state index in [4.69, 9.17) is 11.6 Å². The maximum absolute atomic E-state index is 13.9. The van der Waals surface area contributed by atoms with Gasteiger partial charge < -0.3 is 0 Å². The van der Waals surface area contributed by atoms with Gasteiger partial charge >= 0.3 is 0 Å². The first kappa shape index (κ1) is 20.5. The van der Waals surface area contributed by atoms with Crippen molar-refractivity contribution in [2.75, 3.05) is 4.90 Å². The van der Waals surface area contributed by atoms with Crippen LogP contribution >= 0.6 is 11.6 Å². The number of hydrogen-bond donors (Lipinski definition) is 0. The van der Waals surface area contributed by atoms with Gasteiger partial charge in [0.2, 0.25) is 11.8 Å². The Balaban J connectivity index is 1.66. The van der Waals surface area contributed by atoms with Crippen molar-refractivity contribution >= 4 is 34.8 Å². The summed E-state index contributed by atoms with van der Waals surface area (Å²) >= 11 is 5.92. The van der Waals surface area contributed by atoms with Crippen molar-refractivity contribution in [2.45, 2.75) is 11.5 Å². The summed E-state index contributed by atoms with van der Waals surface area (Å²) in [5.41, 5.74) is -0.775. The Hall–Kier alpha value is -4.11. The minimum atomic E-state index is -1.99. The molecule has 10 heteroatoms. The van der Waals surface area contributed by atoms with Gasteiger partial charge in [-0.3, -0.25) is 29.8 Å². The van der Waals surface area contributed by atoms with E-state index in [2.05, 4.69) is 0 Å². The summed E-state index contributed by atoms with van der Waals surface area (Å²) in [6.07, 6.45) is 0. The summed E-state index contributed by atoms with van der Waals surface area (Å²) in [5.74, 6) is -4.53. The van der Waals surface area contributed by atoms with Crippen LogP contribution in [0.15, 0.2) is 66.7 Å². The molecule has 2 unspecified atom stereocenters. The van der Waals surface area contributed by atoms with Gasteiger partial charge in [-0.15, -0.1) is 0 Å². The van der Waals surface area contributed by atoms with E-state index in [1.807, 2.05) is 0 Å². The fraction of sp³-hybridized carbons (Fsp3) is 0.167. The Kier molecular flexibility index (Phi) is 4.04. The van der Waals surface area contributed by atoms with E-state index in [9.17, 15) is 29.8 Å². The predicted octanol–water partition coefficient (Wildman–Crippen LogP) is 4.03. The molecule has 0 spiro atoms. The Bertz CT molecular complexity index is 1420. The number of carbonyl (C=O) groups is 2. The number of nitrogens with zero attached hydrogens (tertiary/aromatic N) is 3. The number of rotatable bonds is 3. The quantitative estimate of drug-likeness (QED) is 0.320. The average Bonchev–Trinajstić information content (AvgIpc) is 3.09. The lowest BCUT2D eigenvalue weighted by Gasteiger charge is -2.48. The van der Waals surface area contributed by atoms with Gasteiger partial charge in [0.05, 0.1) is 10.8 Å². The molecule has 1 saturated heterocycles. The molecule has 3 aromatic rings. The van der Waals surface area contributed by atoms with E-state index in [1.165, 1.54) is 12.1 Å². The monoisotopic (exact) mass is 475 g/mol. The molecule has 1 fully saturated rings. The van der Waals surface area contributed by atoms with Crippen molar-refractivity contribution in [2.24, 2.45) is 11.8 Å². The van der Waals surface area contributed by atoms with Crippen molar-refractivity contribution < 1.29 is 19.4 Å². The number of hydrogen-bond acceptors (Lipinski definition) is 6. The largest absolute Gasteiger partial charge is 0.294 e. The molecular formula is C24H14ClN3O6. The van der Waals surface area contributed by atoms with Crippen LogP contribution in [0.5, 0.6) is 0 Å². The van der Waals surface area contributed by atoms with Gasteiger partial charge in [-0.05, 0) is 23.3 Å². The second-order valence-corrected chi connectivity index (χ2v) is 9.02. The molecule has 0 saturated carbocycles. The molecule has 2 bridgehead atoms. The van der Waals surface area contributed by atoms with E-state index in [0.29, 0.717) is 22.3 Å². The highest BCUT2D eigenvalue weighted by molar-refractivity contribution is 6.31. The van der Waals surface area contributed by atoms with Crippen molar-refractivity contribution in [3.8, 4) is 0 Å². The first-order valence-electron chi connectivity index (χ1n) is 10.4.